The van der Waals surface area contributed by atoms with Gasteiger partial charge in [-0.05, 0) is 19.4 Å². The Morgan fingerprint density at radius 3 is 2.80 bits per heavy atom. The Bertz CT molecular complexity index is 510. The highest BCUT2D eigenvalue weighted by Crippen LogP contribution is 2.27. The van der Waals surface area contributed by atoms with Gasteiger partial charge in [0, 0.05) is 36.6 Å². The highest BCUT2D eigenvalue weighted by Gasteiger charge is 2.16. The fourth-order valence-corrected chi connectivity index (χ4v) is 2.49. The normalized spacial score (nSPS) is 13.9. The van der Waals surface area contributed by atoms with Crippen LogP contribution in [-0.2, 0) is 6.54 Å². The van der Waals surface area contributed by atoms with E-state index >= 15 is 0 Å². The maximum Gasteiger partial charge on any atom is 0.123 e. The second-order valence-electron chi connectivity index (χ2n) is 5.03. The van der Waals surface area contributed by atoms with E-state index in [2.05, 4.69) is 40.8 Å². The lowest BCUT2D eigenvalue weighted by Crippen LogP contribution is -2.33. The molecule has 1 aromatic carbocycles. The highest BCUT2D eigenvalue weighted by molar-refractivity contribution is 5.35. The Hall–Kier alpha value is -1.81. The molecule has 2 unspecified atom stereocenters. The summed E-state index contributed by atoms with van der Waals surface area (Å²) < 4.78 is 7.55. The average Bonchev–Trinajstić information content (AvgIpc) is 2.97. The second-order valence-corrected chi connectivity index (χ2v) is 5.03. The Labute approximate surface area is 120 Å². The van der Waals surface area contributed by atoms with Gasteiger partial charge in [-0.2, -0.15) is 0 Å². The van der Waals surface area contributed by atoms with E-state index in [0.29, 0.717) is 12.1 Å². The van der Waals surface area contributed by atoms with Crippen LogP contribution in [0.5, 0.6) is 5.75 Å². The molecule has 0 saturated heterocycles. The van der Waals surface area contributed by atoms with E-state index in [9.17, 15) is 0 Å². The van der Waals surface area contributed by atoms with Crippen LogP contribution in [0.4, 0.5) is 0 Å². The van der Waals surface area contributed by atoms with Gasteiger partial charge in [-0.3, -0.25) is 0 Å². The number of rotatable bonds is 7. The molecule has 2 atom stereocenters. The molecule has 1 N–H and O–H groups in total. The van der Waals surface area contributed by atoms with Gasteiger partial charge in [0.1, 0.15) is 5.75 Å². The molecule has 2 aromatic rings. The Balaban J connectivity index is 2.04. The number of para-hydroxylation sites is 1. The predicted octanol–water partition coefficient (Wildman–Crippen LogP) is 3.02. The van der Waals surface area contributed by atoms with Crippen molar-refractivity contribution in [3.05, 3.63) is 48.5 Å². The number of nitrogens with zero attached hydrogens (tertiary/aromatic N) is 2. The largest absolute Gasteiger partial charge is 0.496 e. The maximum atomic E-state index is 5.46. The van der Waals surface area contributed by atoms with E-state index in [1.54, 1.807) is 7.11 Å². The topological polar surface area (TPSA) is 39.1 Å². The van der Waals surface area contributed by atoms with Crippen LogP contribution < -0.4 is 10.1 Å². The summed E-state index contributed by atoms with van der Waals surface area (Å²) >= 11 is 0. The van der Waals surface area contributed by atoms with Crippen LogP contribution in [0.3, 0.4) is 0 Å². The lowest BCUT2D eigenvalue weighted by atomic mass is 10.0. The second kappa shape index (κ2) is 7.10. The van der Waals surface area contributed by atoms with Crippen LogP contribution in [0.1, 0.15) is 31.9 Å². The molecule has 0 aliphatic carbocycles. The van der Waals surface area contributed by atoms with Crippen molar-refractivity contribution in [2.75, 3.05) is 7.11 Å². The van der Waals surface area contributed by atoms with Gasteiger partial charge >= 0.3 is 0 Å². The van der Waals surface area contributed by atoms with E-state index in [1.807, 2.05) is 30.9 Å². The number of ether oxygens (including phenoxy) is 1. The summed E-state index contributed by atoms with van der Waals surface area (Å²) in [5.41, 5.74) is 1.22. The summed E-state index contributed by atoms with van der Waals surface area (Å²) in [6.07, 6.45) is 6.67. The van der Waals surface area contributed by atoms with Crippen LogP contribution in [0.2, 0.25) is 0 Å². The number of nitrogens with one attached hydrogen (secondary N) is 1. The molecular weight excluding hydrogens is 250 g/mol. The molecule has 0 bridgehead atoms. The fraction of sp³-hybridized carbons (Fsp3) is 0.438. The van der Waals surface area contributed by atoms with Crippen LogP contribution in [0.15, 0.2) is 43.0 Å². The number of benzene rings is 1. The molecular formula is C16H23N3O. The van der Waals surface area contributed by atoms with Gasteiger partial charge in [0.05, 0.1) is 13.4 Å². The molecule has 108 valence electrons. The van der Waals surface area contributed by atoms with E-state index in [-0.39, 0.29) is 0 Å². The summed E-state index contributed by atoms with van der Waals surface area (Å²) in [6.45, 7) is 5.29. The average molecular weight is 273 g/mol. The molecule has 0 saturated carbocycles. The van der Waals surface area contributed by atoms with Crippen molar-refractivity contribution >= 4 is 0 Å². The summed E-state index contributed by atoms with van der Waals surface area (Å²) in [4.78, 5) is 4.08. The van der Waals surface area contributed by atoms with Crippen LogP contribution in [-0.4, -0.2) is 22.7 Å². The first-order valence-electron chi connectivity index (χ1n) is 7.09. The fourth-order valence-electron chi connectivity index (χ4n) is 2.49. The molecule has 4 heteroatoms. The smallest absolute Gasteiger partial charge is 0.123 e. The molecule has 1 aromatic heterocycles. The lowest BCUT2D eigenvalue weighted by Gasteiger charge is -2.24. The number of imidazole rings is 1. The molecule has 0 aliphatic rings. The number of hydrogen-bond donors (Lipinski definition) is 1. The third-order valence-electron chi connectivity index (χ3n) is 3.45. The number of hydrogen-bond acceptors (Lipinski definition) is 3. The standard InChI is InChI=1S/C16H23N3O/c1-4-15(14-7-5-6-8-16(14)20-3)18-13(2)11-19-10-9-17-12-19/h5-10,12-13,15,18H,4,11H2,1-3H3. The van der Waals surface area contributed by atoms with Crippen molar-refractivity contribution in [1.82, 2.24) is 14.9 Å². The monoisotopic (exact) mass is 273 g/mol. The molecule has 0 amide bonds. The first kappa shape index (κ1) is 14.6. The van der Waals surface area contributed by atoms with Gasteiger partial charge in [0.2, 0.25) is 0 Å². The van der Waals surface area contributed by atoms with Gasteiger partial charge < -0.3 is 14.6 Å². The molecule has 1 heterocycles. The Kier molecular flexibility index (Phi) is 5.18. The van der Waals surface area contributed by atoms with Crippen LogP contribution >= 0.6 is 0 Å². The molecule has 4 nitrogen and oxygen atoms in total. The Morgan fingerprint density at radius 1 is 1.35 bits per heavy atom. The van der Waals surface area contributed by atoms with E-state index in [0.717, 1.165) is 18.7 Å². The van der Waals surface area contributed by atoms with Crippen molar-refractivity contribution in [2.24, 2.45) is 0 Å². The third-order valence-corrected chi connectivity index (χ3v) is 3.45. The minimum Gasteiger partial charge on any atom is -0.496 e. The number of methoxy groups -OCH3 is 1. The molecule has 0 aliphatic heterocycles. The highest BCUT2D eigenvalue weighted by atomic mass is 16.5. The van der Waals surface area contributed by atoms with Gasteiger partial charge in [-0.15, -0.1) is 0 Å². The molecule has 20 heavy (non-hydrogen) atoms. The summed E-state index contributed by atoms with van der Waals surface area (Å²) in [6, 6.07) is 8.86. The zero-order valence-corrected chi connectivity index (χ0v) is 12.4. The third kappa shape index (κ3) is 3.61. The molecule has 0 spiro atoms. The SMILES string of the molecule is CCC(NC(C)Cn1ccnc1)c1ccccc1OC. The summed E-state index contributed by atoms with van der Waals surface area (Å²) in [5, 5.41) is 3.67. The maximum absolute atomic E-state index is 5.46. The minimum absolute atomic E-state index is 0.296. The van der Waals surface area contributed by atoms with Gasteiger partial charge in [-0.1, -0.05) is 25.1 Å². The Morgan fingerprint density at radius 2 is 2.15 bits per heavy atom. The van der Waals surface area contributed by atoms with Crippen LogP contribution in [0, 0.1) is 0 Å². The zero-order valence-electron chi connectivity index (χ0n) is 12.4. The van der Waals surface area contributed by atoms with Gasteiger partial charge in [0.25, 0.3) is 0 Å². The van der Waals surface area contributed by atoms with Gasteiger partial charge in [0.15, 0.2) is 0 Å². The van der Waals surface area contributed by atoms with E-state index in [1.165, 1.54) is 5.56 Å². The van der Waals surface area contributed by atoms with E-state index < -0.39 is 0 Å². The summed E-state index contributed by atoms with van der Waals surface area (Å²) in [5.74, 6) is 0.946. The molecule has 2 rings (SSSR count). The van der Waals surface area contributed by atoms with E-state index in [4.69, 9.17) is 4.74 Å². The predicted molar refractivity (Wildman–Crippen MR) is 80.9 cm³/mol. The van der Waals surface area contributed by atoms with Crippen molar-refractivity contribution in [2.45, 2.75) is 38.9 Å². The van der Waals surface area contributed by atoms with Crippen molar-refractivity contribution in [3.63, 3.8) is 0 Å². The van der Waals surface area contributed by atoms with Crippen LogP contribution in [0.25, 0.3) is 0 Å². The summed E-state index contributed by atoms with van der Waals surface area (Å²) in [7, 11) is 1.72. The molecule has 0 fully saturated rings. The van der Waals surface area contributed by atoms with Crippen molar-refractivity contribution < 1.29 is 4.74 Å². The van der Waals surface area contributed by atoms with Gasteiger partial charge in [-0.25, -0.2) is 4.98 Å². The lowest BCUT2D eigenvalue weighted by molar-refractivity contribution is 0.375. The molecule has 0 radical (unpaired) electrons. The van der Waals surface area contributed by atoms with Crippen molar-refractivity contribution in [1.29, 1.82) is 0 Å². The van der Waals surface area contributed by atoms with Crippen molar-refractivity contribution in [3.8, 4) is 5.75 Å². The quantitative estimate of drug-likeness (QED) is 0.843. The first-order valence-corrected chi connectivity index (χ1v) is 7.09. The minimum atomic E-state index is 0.296. The first-order chi connectivity index (χ1) is 9.74. The number of aromatic nitrogens is 2. The zero-order chi connectivity index (χ0) is 14.4.